The maximum absolute atomic E-state index is 13.2. The lowest BCUT2D eigenvalue weighted by Crippen LogP contribution is -2.49. The number of hydrogen-bond acceptors (Lipinski definition) is 6. The molecule has 0 bridgehead atoms. The van der Waals surface area contributed by atoms with Crippen LogP contribution in [-0.2, 0) is 0 Å². The molecule has 1 amide bonds. The third-order valence-corrected chi connectivity index (χ3v) is 6.24. The molecule has 2 aromatic carbocycles. The smallest absolute Gasteiger partial charge is 0.254 e. The van der Waals surface area contributed by atoms with Gasteiger partial charge in [-0.3, -0.25) is 14.5 Å². The average Bonchev–Trinajstić information content (AvgIpc) is 3.33. The second kappa shape index (κ2) is 8.63. The van der Waals surface area contributed by atoms with Gasteiger partial charge in [-0.1, -0.05) is 53.2 Å². The number of aromatic nitrogens is 3. The zero-order valence-electron chi connectivity index (χ0n) is 18.6. The number of fused-ring (bicyclic) bond motifs is 1. The fourth-order valence-corrected chi connectivity index (χ4v) is 4.25. The van der Waals surface area contributed by atoms with Crippen molar-refractivity contribution in [2.45, 2.75) is 19.9 Å². The minimum atomic E-state index is -0.273. The van der Waals surface area contributed by atoms with Gasteiger partial charge >= 0.3 is 0 Å². The standard InChI is InChI=1S/C25H25N5O3/c1-16-7-9-18(10-8-16)23-27-24(33-28-23)17(2)29-11-13-30(14-12-29)25(32)20-15-22(31)26-21-6-4-3-5-19(20)21/h3-10,15,17H,11-14H2,1-2H3,(H,26,31)/t17-/m0/s1. The number of hydrogen-bond donors (Lipinski definition) is 1. The summed E-state index contributed by atoms with van der Waals surface area (Å²) in [5, 5.41) is 4.90. The van der Waals surface area contributed by atoms with E-state index in [1.165, 1.54) is 11.6 Å². The number of para-hydroxylation sites is 1. The number of rotatable bonds is 4. The predicted octanol–water partition coefficient (Wildman–Crippen LogP) is 3.41. The van der Waals surface area contributed by atoms with Gasteiger partial charge in [0.1, 0.15) is 0 Å². The van der Waals surface area contributed by atoms with E-state index in [0.29, 0.717) is 49.0 Å². The fourth-order valence-electron chi connectivity index (χ4n) is 4.25. The van der Waals surface area contributed by atoms with E-state index in [1.807, 2.05) is 62.4 Å². The summed E-state index contributed by atoms with van der Waals surface area (Å²) in [6.07, 6.45) is 0. The Morgan fingerprint density at radius 2 is 1.79 bits per heavy atom. The molecule has 0 radical (unpaired) electrons. The van der Waals surface area contributed by atoms with Gasteiger partial charge in [-0.05, 0) is 19.9 Å². The first-order chi connectivity index (χ1) is 16.0. The van der Waals surface area contributed by atoms with Crippen LogP contribution >= 0.6 is 0 Å². The fraction of sp³-hybridized carbons (Fsp3) is 0.280. The first kappa shape index (κ1) is 21.1. The molecule has 1 aliphatic rings. The van der Waals surface area contributed by atoms with Gasteiger partial charge < -0.3 is 14.4 Å². The van der Waals surface area contributed by atoms with Crippen LogP contribution in [0.3, 0.4) is 0 Å². The van der Waals surface area contributed by atoms with Crippen LogP contribution in [0.4, 0.5) is 0 Å². The van der Waals surface area contributed by atoms with Crippen LogP contribution in [0, 0.1) is 6.92 Å². The van der Waals surface area contributed by atoms with Crippen molar-refractivity contribution >= 4 is 16.8 Å². The van der Waals surface area contributed by atoms with Gasteiger partial charge in [0.2, 0.25) is 17.3 Å². The average molecular weight is 444 g/mol. The van der Waals surface area contributed by atoms with E-state index in [1.54, 1.807) is 4.90 Å². The Hall–Kier alpha value is -3.78. The number of amides is 1. The highest BCUT2D eigenvalue weighted by Gasteiger charge is 2.29. The summed E-state index contributed by atoms with van der Waals surface area (Å²) >= 11 is 0. The molecule has 3 heterocycles. The summed E-state index contributed by atoms with van der Waals surface area (Å²) in [6, 6.07) is 16.7. The number of nitrogens with zero attached hydrogens (tertiary/aromatic N) is 4. The molecule has 8 nitrogen and oxygen atoms in total. The van der Waals surface area contributed by atoms with E-state index in [-0.39, 0.29) is 17.5 Å². The predicted molar refractivity (Wildman–Crippen MR) is 125 cm³/mol. The van der Waals surface area contributed by atoms with Crippen LogP contribution < -0.4 is 5.56 Å². The number of nitrogens with one attached hydrogen (secondary N) is 1. The molecule has 1 N–H and O–H groups in total. The molecular weight excluding hydrogens is 418 g/mol. The van der Waals surface area contributed by atoms with Gasteiger partial charge in [-0.15, -0.1) is 0 Å². The number of aryl methyl sites for hydroxylation is 1. The summed E-state index contributed by atoms with van der Waals surface area (Å²) in [6.45, 7) is 6.55. The molecule has 0 unspecified atom stereocenters. The van der Waals surface area contributed by atoms with Gasteiger partial charge in [0.25, 0.3) is 5.91 Å². The number of carbonyl (C=O) groups excluding carboxylic acids is 1. The van der Waals surface area contributed by atoms with E-state index < -0.39 is 0 Å². The number of carbonyl (C=O) groups is 1. The summed E-state index contributed by atoms with van der Waals surface area (Å²) in [5.74, 6) is 1.02. The highest BCUT2D eigenvalue weighted by atomic mass is 16.5. The zero-order chi connectivity index (χ0) is 22.9. The second-order valence-electron chi connectivity index (χ2n) is 8.42. The molecule has 0 aliphatic carbocycles. The van der Waals surface area contributed by atoms with Crippen molar-refractivity contribution in [1.29, 1.82) is 0 Å². The van der Waals surface area contributed by atoms with Crippen molar-refractivity contribution in [2.24, 2.45) is 0 Å². The third kappa shape index (κ3) is 4.17. The molecule has 33 heavy (non-hydrogen) atoms. The van der Waals surface area contributed by atoms with E-state index in [9.17, 15) is 9.59 Å². The van der Waals surface area contributed by atoms with E-state index >= 15 is 0 Å². The van der Waals surface area contributed by atoms with Crippen LogP contribution in [0.25, 0.3) is 22.3 Å². The van der Waals surface area contributed by atoms with Gasteiger partial charge in [0.05, 0.1) is 11.6 Å². The van der Waals surface area contributed by atoms with Crippen molar-refractivity contribution in [2.75, 3.05) is 26.2 Å². The third-order valence-electron chi connectivity index (χ3n) is 6.24. The van der Waals surface area contributed by atoms with Crippen LogP contribution in [-0.4, -0.2) is 57.0 Å². The number of pyridine rings is 1. The van der Waals surface area contributed by atoms with E-state index in [0.717, 1.165) is 10.9 Å². The topological polar surface area (TPSA) is 95.3 Å². The maximum atomic E-state index is 13.2. The lowest BCUT2D eigenvalue weighted by Gasteiger charge is -2.36. The van der Waals surface area contributed by atoms with Gasteiger partial charge in [0, 0.05) is 48.7 Å². The minimum Gasteiger partial charge on any atom is -0.337 e. The molecule has 4 aromatic rings. The molecule has 168 valence electrons. The molecule has 5 rings (SSSR count). The SMILES string of the molecule is Cc1ccc(-c2noc([C@H](C)N3CCN(C(=O)c4cc(=O)[nH]c5ccccc45)CC3)n2)cc1. The molecule has 2 aromatic heterocycles. The Morgan fingerprint density at radius 1 is 1.06 bits per heavy atom. The van der Waals surface area contributed by atoms with Crippen LogP contribution in [0.15, 0.2) is 63.9 Å². The van der Waals surface area contributed by atoms with Gasteiger partial charge in [0.15, 0.2) is 0 Å². The molecule has 1 aliphatic heterocycles. The van der Waals surface area contributed by atoms with Crippen molar-refractivity contribution in [3.63, 3.8) is 0 Å². The van der Waals surface area contributed by atoms with E-state index in [2.05, 4.69) is 20.0 Å². The number of piperazine rings is 1. The van der Waals surface area contributed by atoms with Crippen molar-refractivity contribution in [1.82, 2.24) is 24.9 Å². The minimum absolute atomic E-state index is 0.0608. The van der Waals surface area contributed by atoms with Gasteiger partial charge in [-0.25, -0.2) is 0 Å². The summed E-state index contributed by atoms with van der Waals surface area (Å²) in [7, 11) is 0. The first-order valence-corrected chi connectivity index (χ1v) is 11.1. The molecule has 1 fully saturated rings. The summed E-state index contributed by atoms with van der Waals surface area (Å²) in [5.41, 5.74) is 2.93. The van der Waals surface area contributed by atoms with E-state index in [4.69, 9.17) is 4.52 Å². The van der Waals surface area contributed by atoms with Crippen LogP contribution in [0.5, 0.6) is 0 Å². The van der Waals surface area contributed by atoms with Gasteiger partial charge in [-0.2, -0.15) is 4.98 Å². The molecule has 1 atom stereocenters. The zero-order valence-corrected chi connectivity index (χ0v) is 18.6. The Morgan fingerprint density at radius 3 is 2.55 bits per heavy atom. The Balaban J connectivity index is 1.27. The Labute approximate surface area is 190 Å². The van der Waals surface area contributed by atoms with Crippen molar-refractivity contribution in [3.8, 4) is 11.4 Å². The summed E-state index contributed by atoms with van der Waals surface area (Å²) in [4.78, 5) is 36.7. The lowest BCUT2D eigenvalue weighted by molar-refractivity contribution is 0.0553. The maximum Gasteiger partial charge on any atom is 0.254 e. The number of H-pyrrole nitrogens is 1. The molecule has 1 saturated heterocycles. The molecule has 0 spiro atoms. The van der Waals surface area contributed by atoms with Crippen molar-refractivity contribution < 1.29 is 9.32 Å². The molecular formula is C25H25N5O3. The molecule has 0 saturated carbocycles. The lowest BCUT2D eigenvalue weighted by atomic mass is 10.1. The number of aromatic amines is 1. The second-order valence-corrected chi connectivity index (χ2v) is 8.42. The highest BCUT2D eigenvalue weighted by Crippen LogP contribution is 2.24. The first-order valence-electron chi connectivity index (χ1n) is 11.1. The normalized spacial score (nSPS) is 15.6. The highest BCUT2D eigenvalue weighted by molar-refractivity contribution is 6.06. The summed E-state index contributed by atoms with van der Waals surface area (Å²) < 4.78 is 5.55. The van der Waals surface area contributed by atoms with Crippen LogP contribution in [0.2, 0.25) is 0 Å². The Kier molecular flexibility index (Phi) is 5.51. The molecule has 8 heteroatoms. The monoisotopic (exact) mass is 443 g/mol. The quantitative estimate of drug-likeness (QED) is 0.519. The number of benzene rings is 2. The Bertz CT molecular complexity index is 1350. The van der Waals surface area contributed by atoms with Crippen LogP contribution in [0.1, 0.15) is 34.8 Å². The van der Waals surface area contributed by atoms with Crippen molar-refractivity contribution in [3.05, 3.63) is 82.0 Å². The largest absolute Gasteiger partial charge is 0.337 e.